The highest BCUT2D eigenvalue weighted by Gasteiger charge is 2.40. The zero-order chi connectivity index (χ0) is 26.4. The Kier molecular flexibility index (Phi) is 9.28. The Balaban J connectivity index is 1.51. The summed E-state index contributed by atoms with van der Waals surface area (Å²) in [5.41, 5.74) is 3.17. The van der Waals surface area contributed by atoms with Gasteiger partial charge in [0.15, 0.2) is 6.29 Å². The Morgan fingerprint density at radius 2 is 1.86 bits per heavy atom. The quantitative estimate of drug-likeness (QED) is 0.382. The van der Waals surface area contributed by atoms with Crippen molar-refractivity contribution in [3.63, 3.8) is 0 Å². The van der Waals surface area contributed by atoms with E-state index in [4.69, 9.17) is 14.6 Å². The number of aliphatic hydroxyl groups excluding tert-OH is 2. The van der Waals surface area contributed by atoms with Crippen molar-refractivity contribution in [1.29, 1.82) is 0 Å². The van der Waals surface area contributed by atoms with E-state index in [1.54, 1.807) is 6.07 Å². The third kappa shape index (κ3) is 7.37. The number of carboxylic acids is 1. The second-order valence-electron chi connectivity index (χ2n) is 9.94. The third-order valence-electron chi connectivity index (χ3n) is 7.05. The van der Waals surface area contributed by atoms with Gasteiger partial charge in [-0.15, -0.1) is 0 Å². The van der Waals surface area contributed by atoms with E-state index < -0.39 is 12.3 Å². The lowest BCUT2D eigenvalue weighted by molar-refractivity contribution is -0.276. The number of benzene rings is 2. The van der Waals surface area contributed by atoms with Gasteiger partial charge in [0.25, 0.3) is 0 Å². The summed E-state index contributed by atoms with van der Waals surface area (Å²) in [6.07, 6.45) is -0.285. The molecule has 0 spiro atoms. The lowest BCUT2D eigenvalue weighted by Gasteiger charge is -2.42. The van der Waals surface area contributed by atoms with Crippen LogP contribution in [0.25, 0.3) is 0 Å². The van der Waals surface area contributed by atoms with Crippen molar-refractivity contribution in [3.05, 3.63) is 65.2 Å². The van der Waals surface area contributed by atoms with E-state index in [-0.39, 0.29) is 56.0 Å². The predicted molar refractivity (Wildman–Crippen MR) is 137 cm³/mol. The highest BCUT2D eigenvalue weighted by atomic mass is 16.7. The zero-order valence-electron chi connectivity index (χ0n) is 21.1. The zero-order valence-corrected chi connectivity index (χ0v) is 21.1. The molecule has 2 aliphatic rings. The van der Waals surface area contributed by atoms with Crippen LogP contribution in [0.5, 0.6) is 0 Å². The number of aliphatic carboxylic acids is 1. The van der Waals surface area contributed by atoms with Crippen LogP contribution in [0.15, 0.2) is 48.5 Å². The van der Waals surface area contributed by atoms with Gasteiger partial charge in [-0.3, -0.25) is 14.5 Å². The van der Waals surface area contributed by atoms with E-state index in [2.05, 4.69) is 17.1 Å². The Morgan fingerprint density at radius 1 is 1.08 bits per heavy atom. The highest BCUT2D eigenvalue weighted by Crippen LogP contribution is 2.42. The first-order chi connectivity index (χ1) is 17.8. The van der Waals surface area contributed by atoms with Gasteiger partial charge >= 0.3 is 5.97 Å². The van der Waals surface area contributed by atoms with E-state index >= 15 is 0 Å². The minimum atomic E-state index is -0.922. The fourth-order valence-corrected chi connectivity index (χ4v) is 4.95. The summed E-state index contributed by atoms with van der Waals surface area (Å²) in [6.45, 7) is 4.19. The van der Waals surface area contributed by atoms with E-state index in [1.165, 1.54) is 0 Å². The number of hydrogen-bond donors (Lipinski definition) is 4. The number of ether oxygens (including phenoxy) is 2. The molecule has 5 unspecified atom stereocenters. The van der Waals surface area contributed by atoms with Gasteiger partial charge in [0.2, 0.25) is 5.91 Å². The Bertz CT molecular complexity index is 1060. The molecule has 0 aromatic heterocycles. The molecule has 0 radical (unpaired) electrons. The fourth-order valence-electron chi connectivity index (χ4n) is 4.95. The van der Waals surface area contributed by atoms with Crippen LogP contribution in [-0.2, 0) is 25.7 Å². The lowest BCUT2D eigenvalue weighted by atomic mass is 9.90. The first-order valence-electron chi connectivity index (χ1n) is 12.8. The van der Waals surface area contributed by atoms with Crippen molar-refractivity contribution in [3.8, 4) is 0 Å². The smallest absolute Gasteiger partial charge is 0.303 e. The normalized spacial score (nSPS) is 26.2. The maximum absolute atomic E-state index is 12.3. The molecule has 9 nitrogen and oxygen atoms in total. The molecule has 0 saturated carbocycles. The van der Waals surface area contributed by atoms with Crippen LogP contribution in [0, 0.1) is 5.92 Å². The number of carbonyl (C=O) groups is 2. The molecular formula is C28H36N2O7. The number of amides is 1. The number of carboxylic acid groups (broad SMARTS) is 1. The van der Waals surface area contributed by atoms with Crippen molar-refractivity contribution < 1.29 is 34.4 Å². The van der Waals surface area contributed by atoms with Crippen LogP contribution >= 0.6 is 0 Å². The van der Waals surface area contributed by atoms with E-state index in [0.29, 0.717) is 18.8 Å². The number of rotatable bonds is 10. The van der Waals surface area contributed by atoms with Crippen molar-refractivity contribution in [1.82, 2.24) is 4.90 Å². The van der Waals surface area contributed by atoms with E-state index in [0.717, 1.165) is 29.7 Å². The lowest BCUT2D eigenvalue weighted by Crippen LogP contribution is -2.44. The first kappa shape index (κ1) is 27.2. The number of aliphatic hydroxyl groups is 2. The number of nitrogens with zero attached hydrogens (tertiary/aromatic N) is 1. The highest BCUT2D eigenvalue weighted by molar-refractivity contribution is 5.90. The van der Waals surface area contributed by atoms with Crippen LogP contribution in [0.4, 0.5) is 5.69 Å². The maximum atomic E-state index is 12.3. The first-order valence-corrected chi connectivity index (χ1v) is 12.8. The van der Waals surface area contributed by atoms with Crippen molar-refractivity contribution in [2.75, 3.05) is 25.0 Å². The van der Waals surface area contributed by atoms with Gasteiger partial charge in [0.1, 0.15) is 0 Å². The summed E-state index contributed by atoms with van der Waals surface area (Å²) in [5, 5.41) is 31.0. The van der Waals surface area contributed by atoms with Crippen LogP contribution < -0.4 is 5.32 Å². The number of carbonyl (C=O) groups excluding carboxylic acids is 1. The average molecular weight is 513 g/mol. The van der Waals surface area contributed by atoms with Crippen molar-refractivity contribution >= 4 is 17.6 Å². The average Bonchev–Trinajstić information content (AvgIpc) is 3.29. The number of β-amino-alcohol motifs (C(OH)–C–C–N with tert-alkyl or cyclic N) is 1. The molecule has 37 heavy (non-hydrogen) atoms. The minimum absolute atomic E-state index is 0.0260. The number of hydrogen-bond acceptors (Lipinski definition) is 7. The van der Waals surface area contributed by atoms with Gasteiger partial charge in [-0.05, 0) is 36.1 Å². The molecule has 1 amide bonds. The van der Waals surface area contributed by atoms with Gasteiger partial charge in [-0.2, -0.15) is 0 Å². The Morgan fingerprint density at radius 3 is 2.54 bits per heavy atom. The largest absolute Gasteiger partial charge is 0.481 e. The summed E-state index contributed by atoms with van der Waals surface area (Å²) < 4.78 is 12.9. The molecule has 2 saturated heterocycles. The number of likely N-dealkylation sites (tertiary alicyclic amines) is 1. The summed E-state index contributed by atoms with van der Waals surface area (Å²) in [4.78, 5) is 25.2. The van der Waals surface area contributed by atoms with Crippen LogP contribution in [0.3, 0.4) is 0 Å². The standard InChI is InChI=1S/C28H36N2O7/c1-18-24(16-30-13-12-23(32)15-30)36-28(37-27(18)20-10-8-19(17-31)9-11-20)21-4-2-5-22(14-21)29-25(33)6-3-7-26(34)35/h2,4-5,8-11,14,18,23-24,27-28,31-32H,3,6-7,12-13,15-17H2,1H3,(H,29,33)(H,34,35). The van der Waals surface area contributed by atoms with Crippen LogP contribution in [0.1, 0.15) is 61.7 Å². The molecule has 4 rings (SSSR count). The molecule has 4 N–H and O–H groups in total. The van der Waals surface area contributed by atoms with Gasteiger partial charge in [-0.25, -0.2) is 0 Å². The van der Waals surface area contributed by atoms with Crippen molar-refractivity contribution in [2.45, 2.75) is 63.8 Å². The Hall–Kier alpha value is -2.82. The van der Waals surface area contributed by atoms with Gasteiger partial charge in [-0.1, -0.05) is 43.3 Å². The van der Waals surface area contributed by atoms with Crippen molar-refractivity contribution in [2.24, 2.45) is 5.92 Å². The third-order valence-corrected chi connectivity index (χ3v) is 7.05. The molecule has 0 aliphatic carbocycles. The summed E-state index contributed by atoms with van der Waals surface area (Å²) in [5.74, 6) is -1.13. The Labute approximate surface area is 217 Å². The monoisotopic (exact) mass is 512 g/mol. The van der Waals surface area contributed by atoms with Gasteiger partial charge < -0.3 is 30.1 Å². The SMILES string of the molecule is CC1C(CN2CCC(O)C2)OC(c2cccc(NC(=O)CCCC(=O)O)c2)OC1c1ccc(CO)cc1. The minimum Gasteiger partial charge on any atom is -0.481 e. The van der Waals surface area contributed by atoms with Gasteiger partial charge in [0, 0.05) is 49.6 Å². The van der Waals surface area contributed by atoms with E-state index in [1.807, 2.05) is 42.5 Å². The summed E-state index contributed by atoms with van der Waals surface area (Å²) in [6, 6.07) is 15.0. The van der Waals surface area contributed by atoms with Crippen LogP contribution in [-0.4, -0.2) is 63.9 Å². The molecule has 2 aromatic carbocycles. The molecular weight excluding hydrogens is 476 g/mol. The molecule has 2 aliphatic heterocycles. The predicted octanol–water partition coefficient (Wildman–Crippen LogP) is 3.23. The number of nitrogens with one attached hydrogen (secondary N) is 1. The van der Waals surface area contributed by atoms with Gasteiger partial charge in [0.05, 0.1) is 24.9 Å². The summed E-state index contributed by atoms with van der Waals surface area (Å²) in [7, 11) is 0. The molecule has 0 bridgehead atoms. The summed E-state index contributed by atoms with van der Waals surface area (Å²) >= 11 is 0. The maximum Gasteiger partial charge on any atom is 0.303 e. The molecule has 2 heterocycles. The molecule has 200 valence electrons. The molecule has 5 atom stereocenters. The fraction of sp³-hybridized carbons (Fsp3) is 0.500. The van der Waals surface area contributed by atoms with Crippen LogP contribution in [0.2, 0.25) is 0 Å². The second-order valence-corrected chi connectivity index (χ2v) is 9.94. The molecule has 2 aromatic rings. The molecule has 2 fully saturated rings. The van der Waals surface area contributed by atoms with E-state index in [9.17, 15) is 19.8 Å². The number of anilines is 1. The second kappa shape index (κ2) is 12.6. The molecule has 9 heteroatoms. The topological polar surface area (TPSA) is 129 Å².